The van der Waals surface area contributed by atoms with E-state index >= 15 is 0 Å². The van der Waals surface area contributed by atoms with Gasteiger partial charge < -0.3 is 4.43 Å². The van der Waals surface area contributed by atoms with Gasteiger partial charge in [-0.25, -0.2) is 0 Å². The van der Waals surface area contributed by atoms with Crippen LogP contribution in [-0.4, -0.2) is 19.4 Å². The molecular formula is C14H23BrNOSi. The molecule has 0 aromatic carbocycles. The minimum atomic E-state index is -0.661. The number of hydrogen-bond donors (Lipinski definition) is 0. The van der Waals surface area contributed by atoms with Gasteiger partial charge in [-0.2, -0.15) is 0 Å². The van der Waals surface area contributed by atoms with Crippen LogP contribution in [0.5, 0.6) is 0 Å². The molecule has 18 heavy (non-hydrogen) atoms. The topological polar surface area (TPSA) is 22.1 Å². The van der Waals surface area contributed by atoms with Crippen molar-refractivity contribution in [2.45, 2.75) is 52.3 Å². The second kappa shape index (κ2) is 6.82. The summed E-state index contributed by atoms with van der Waals surface area (Å²) in [6.07, 6.45) is 3.00. The maximum atomic E-state index is 5.79. The van der Waals surface area contributed by atoms with Crippen molar-refractivity contribution in [2.75, 3.05) is 5.33 Å². The maximum absolute atomic E-state index is 5.79. The number of aryl methyl sites for hydroxylation is 1. The Morgan fingerprint density at radius 3 is 2.50 bits per heavy atom. The second-order valence-electron chi connectivity index (χ2n) is 5.72. The van der Waals surface area contributed by atoms with Crippen molar-refractivity contribution in [3.63, 3.8) is 0 Å². The van der Waals surface area contributed by atoms with E-state index in [4.69, 9.17) is 4.43 Å². The number of alkyl halides is 1. The molecule has 1 aromatic rings. The Hall–Kier alpha value is -0.193. The van der Waals surface area contributed by atoms with Gasteiger partial charge in [0.05, 0.1) is 12.3 Å². The molecule has 1 aromatic heterocycles. The van der Waals surface area contributed by atoms with Crippen LogP contribution in [0.2, 0.25) is 13.1 Å². The Bertz CT molecular complexity index is 388. The Labute approximate surface area is 121 Å². The summed E-state index contributed by atoms with van der Waals surface area (Å²) < 4.78 is 5.79. The molecular weight excluding hydrogens is 306 g/mol. The number of pyridine rings is 1. The lowest BCUT2D eigenvalue weighted by atomic mass is 9.85. The predicted octanol–water partition coefficient (Wildman–Crippen LogP) is 4.08. The van der Waals surface area contributed by atoms with Crippen LogP contribution < -0.4 is 0 Å². The third-order valence-electron chi connectivity index (χ3n) is 2.72. The Balaban J connectivity index is 3.01. The van der Waals surface area contributed by atoms with Gasteiger partial charge in [-0.3, -0.25) is 4.98 Å². The lowest BCUT2D eigenvalue weighted by Crippen LogP contribution is -2.18. The van der Waals surface area contributed by atoms with Gasteiger partial charge in [-0.1, -0.05) is 42.8 Å². The van der Waals surface area contributed by atoms with E-state index in [0.717, 1.165) is 17.4 Å². The van der Waals surface area contributed by atoms with Gasteiger partial charge in [0.2, 0.25) is 9.04 Å². The van der Waals surface area contributed by atoms with E-state index < -0.39 is 9.04 Å². The molecule has 4 heteroatoms. The number of nitrogens with zero attached hydrogens (tertiary/aromatic N) is 1. The van der Waals surface area contributed by atoms with Crippen LogP contribution in [0.4, 0.5) is 0 Å². The molecule has 101 valence electrons. The summed E-state index contributed by atoms with van der Waals surface area (Å²) in [6, 6.07) is 2.28. The third-order valence-corrected chi connectivity index (χ3v) is 3.83. The van der Waals surface area contributed by atoms with E-state index in [0.29, 0.717) is 6.61 Å². The first kappa shape index (κ1) is 15.9. The first-order valence-corrected chi connectivity index (χ1v) is 9.84. The zero-order chi connectivity index (χ0) is 13.8. The van der Waals surface area contributed by atoms with Gasteiger partial charge in [-0.05, 0) is 36.1 Å². The standard InChI is InChI=1S/C14H23BrNOSi/c1-14(2,3)12-8-11(6-7-15)9-16-13(12)10-17-18(4)5/h8-9H,6-7,10H2,1-5H3. The molecule has 0 aliphatic rings. The van der Waals surface area contributed by atoms with Crippen molar-refractivity contribution in [1.29, 1.82) is 0 Å². The molecule has 0 spiro atoms. The molecule has 1 heterocycles. The summed E-state index contributed by atoms with van der Waals surface area (Å²) in [4.78, 5) is 4.61. The fraction of sp³-hybridized carbons (Fsp3) is 0.643. The Kier molecular flexibility index (Phi) is 6.01. The third kappa shape index (κ3) is 4.82. The number of aromatic nitrogens is 1. The summed E-state index contributed by atoms with van der Waals surface area (Å²) in [5.74, 6) is 0. The van der Waals surface area contributed by atoms with Crippen molar-refractivity contribution < 1.29 is 4.43 Å². The van der Waals surface area contributed by atoms with Crippen LogP contribution in [0.1, 0.15) is 37.6 Å². The molecule has 0 bridgehead atoms. The quantitative estimate of drug-likeness (QED) is 0.600. The molecule has 0 saturated carbocycles. The summed E-state index contributed by atoms with van der Waals surface area (Å²) in [7, 11) is -0.661. The van der Waals surface area contributed by atoms with Gasteiger partial charge in [0.25, 0.3) is 0 Å². The average Bonchev–Trinajstić information content (AvgIpc) is 2.26. The molecule has 1 rings (SSSR count). The lowest BCUT2D eigenvalue weighted by molar-refractivity contribution is 0.305. The molecule has 0 unspecified atom stereocenters. The van der Waals surface area contributed by atoms with Gasteiger partial charge in [0, 0.05) is 11.5 Å². The Morgan fingerprint density at radius 2 is 2.00 bits per heavy atom. The van der Waals surface area contributed by atoms with Gasteiger partial charge in [-0.15, -0.1) is 0 Å². The molecule has 2 nitrogen and oxygen atoms in total. The summed E-state index contributed by atoms with van der Waals surface area (Å²) in [5, 5.41) is 0.977. The molecule has 0 aliphatic carbocycles. The van der Waals surface area contributed by atoms with Crippen LogP contribution in [-0.2, 0) is 22.9 Å². The first-order chi connectivity index (χ1) is 8.34. The van der Waals surface area contributed by atoms with Crippen molar-refractivity contribution in [3.05, 3.63) is 29.1 Å². The number of halogens is 1. The minimum Gasteiger partial charge on any atom is -0.411 e. The summed E-state index contributed by atoms with van der Waals surface area (Å²) >= 11 is 3.48. The van der Waals surface area contributed by atoms with Crippen LogP contribution in [0.25, 0.3) is 0 Å². The van der Waals surface area contributed by atoms with E-state index in [1.807, 2.05) is 6.20 Å². The highest BCUT2D eigenvalue weighted by Crippen LogP contribution is 2.26. The van der Waals surface area contributed by atoms with Crippen molar-refractivity contribution in [3.8, 4) is 0 Å². The van der Waals surface area contributed by atoms with Crippen LogP contribution in [0.3, 0.4) is 0 Å². The lowest BCUT2D eigenvalue weighted by Gasteiger charge is -2.23. The molecule has 0 N–H and O–H groups in total. The van der Waals surface area contributed by atoms with E-state index in [9.17, 15) is 0 Å². The zero-order valence-corrected chi connectivity index (χ0v) is 14.6. The number of rotatable bonds is 5. The molecule has 0 saturated heterocycles. The molecule has 0 amide bonds. The van der Waals surface area contributed by atoms with E-state index in [1.54, 1.807) is 0 Å². The smallest absolute Gasteiger partial charge is 0.205 e. The molecule has 1 radical (unpaired) electrons. The number of hydrogen-bond acceptors (Lipinski definition) is 2. The van der Waals surface area contributed by atoms with E-state index in [-0.39, 0.29) is 5.41 Å². The van der Waals surface area contributed by atoms with Crippen LogP contribution in [0, 0.1) is 0 Å². The normalized spacial score (nSPS) is 12.2. The maximum Gasteiger partial charge on any atom is 0.205 e. The van der Waals surface area contributed by atoms with Crippen molar-refractivity contribution in [2.24, 2.45) is 0 Å². The SMILES string of the molecule is C[Si](C)OCc1ncc(CCBr)cc1C(C)(C)C. The summed E-state index contributed by atoms with van der Waals surface area (Å²) in [5.41, 5.74) is 3.80. The minimum absolute atomic E-state index is 0.113. The van der Waals surface area contributed by atoms with Gasteiger partial charge in [0.15, 0.2) is 0 Å². The zero-order valence-electron chi connectivity index (χ0n) is 12.0. The van der Waals surface area contributed by atoms with Crippen LogP contribution >= 0.6 is 15.9 Å². The first-order valence-electron chi connectivity index (χ1n) is 6.31. The second-order valence-corrected chi connectivity index (χ2v) is 8.62. The predicted molar refractivity (Wildman–Crippen MR) is 82.7 cm³/mol. The molecule has 0 aliphatic heterocycles. The van der Waals surface area contributed by atoms with Crippen molar-refractivity contribution in [1.82, 2.24) is 4.98 Å². The van der Waals surface area contributed by atoms with E-state index in [2.05, 4.69) is 60.8 Å². The highest BCUT2D eigenvalue weighted by Gasteiger charge is 2.19. The van der Waals surface area contributed by atoms with Gasteiger partial charge >= 0.3 is 0 Å². The Morgan fingerprint density at radius 1 is 1.33 bits per heavy atom. The van der Waals surface area contributed by atoms with Crippen molar-refractivity contribution >= 4 is 25.0 Å². The molecule has 0 fully saturated rings. The highest BCUT2D eigenvalue weighted by molar-refractivity contribution is 9.09. The largest absolute Gasteiger partial charge is 0.411 e. The summed E-state index contributed by atoms with van der Waals surface area (Å²) in [6.45, 7) is 11.6. The van der Waals surface area contributed by atoms with Gasteiger partial charge in [0.1, 0.15) is 0 Å². The molecule has 0 atom stereocenters. The highest BCUT2D eigenvalue weighted by atomic mass is 79.9. The van der Waals surface area contributed by atoms with E-state index in [1.165, 1.54) is 11.1 Å². The fourth-order valence-electron chi connectivity index (χ4n) is 1.76. The fourth-order valence-corrected chi connectivity index (χ4v) is 2.64. The van der Waals surface area contributed by atoms with Crippen LogP contribution in [0.15, 0.2) is 12.3 Å². The average molecular weight is 329 g/mol. The monoisotopic (exact) mass is 328 g/mol.